The number of thioether (sulfide) groups is 1. The van der Waals surface area contributed by atoms with Crippen molar-refractivity contribution in [2.45, 2.75) is 43.0 Å². The van der Waals surface area contributed by atoms with Crippen molar-refractivity contribution in [2.75, 3.05) is 6.61 Å². The molecule has 0 radical (unpaired) electrons. The molecule has 0 aliphatic heterocycles. The molecular formula is C33H34O4S. The van der Waals surface area contributed by atoms with Gasteiger partial charge in [0.1, 0.15) is 18.3 Å². The van der Waals surface area contributed by atoms with Crippen LogP contribution in [0.25, 0.3) is 0 Å². The number of hydrogen-bond donors (Lipinski definition) is 1. The highest BCUT2D eigenvalue weighted by Crippen LogP contribution is 2.22. The fourth-order valence-corrected chi connectivity index (χ4v) is 4.58. The Labute approximate surface area is 229 Å². The van der Waals surface area contributed by atoms with Crippen LogP contribution in [-0.4, -0.2) is 30.0 Å². The molecule has 0 saturated carbocycles. The first kappa shape index (κ1) is 27.8. The van der Waals surface area contributed by atoms with Crippen molar-refractivity contribution >= 4 is 11.8 Å². The summed E-state index contributed by atoms with van der Waals surface area (Å²) in [5.41, 5.74) is 3.13. The van der Waals surface area contributed by atoms with Crippen LogP contribution in [0, 0.1) is 0 Å². The van der Waals surface area contributed by atoms with Crippen LogP contribution in [0.2, 0.25) is 0 Å². The van der Waals surface area contributed by atoms with Crippen LogP contribution >= 0.6 is 11.8 Å². The lowest BCUT2D eigenvalue weighted by Gasteiger charge is -2.29. The third kappa shape index (κ3) is 9.60. The van der Waals surface area contributed by atoms with Gasteiger partial charge in [0.2, 0.25) is 0 Å². The normalized spacial score (nSPS) is 13.8. The van der Waals surface area contributed by atoms with E-state index in [9.17, 15) is 5.11 Å². The van der Waals surface area contributed by atoms with Crippen molar-refractivity contribution in [2.24, 2.45) is 0 Å². The van der Waals surface area contributed by atoms with E-state index in [1.54, 1.807) is 11.8 Å². The zero-order valence-corrected chi connectivity index (χ0v) is 22.2. The molecule has 1 N–H and O–H groups in total. The SMILES string of the molecule is O[C@H](COCc1ccccc1)[C@H](OCc1ccccc1)[C@H](/C=C/Sc1ccccc1)OCc1ccccc1. The quantitative estimate of drug-likeness (QED) is 0.168. The van der Waals surface area contributed by atoms with E-state index < -0.39 is 18.3 Å². The number of benzene rings is 4. The van der Waals surface area contributed by atoms with Crippen LogP contribution < -0.4 is 0 Å². The van der Waals surface area contributed by atoms with Crippen LogP contribution in [0.1, 0.15) is 16.7 Å². The van der Waals surface area contributed by atoms with Gasteiger partial charge >= 0.3 is 0 Å². The van der Waals surface area contributed by atoms with Gasteiger partial charge in [0.15, 0.2) is 0 Å². The molecule has 4 rings (SSSR count). The minimum atomic E-state index is -0.894. The van der Waals surface area contributed by atoms with Gasteiger partial charge in [0, 0.05) is 4.90 Å². The Morgan fingerprint density at radius 2 is 1.08 bits per heavy atom. The first-order chi connectivity index (χ1) is 18.8. The Balaban J connectivity index is 1.49. The monoisotopic (exact) mass is 526 g/mol. The maximum atomic E-state index is 11.3. The van der Waals surface area contributed by atoms with Gasteiger partial charge in [-0.3, -0.25) is 0 Å². The molecule has 4 aromatic rings. The average molecular weight is 527 g/mol. The van der Waals surface area contributed by atoms with Gasteiger partial charge in [-0.15, -0.1) is 0 Å². The van der Waals surface area contributed by atoms with Gasteiger partial charge in [0.05, 0.1) is 26.4 Å². The lowest BCUT2D eigenvalue weighted by atomic mass is 10.1. The zero-order valence-electron chi connectivity index (χ0n) is 21.3. The van der Waals surface area contributed by atoms with Gasteiger partial charge in [-0.05, 0) is 40.3 Å². The predicted molar refractivity (Wildman–Crippen MR) is 154 cm³/mol. The highest BCUT2D eigenvalue weighted by Gasteiger charge is 2.29. The Bertz CT molecular complexity index is 1190. The molecule has 0 amide bonds. The maximum Gasteiger partial charge on any atom is 0.116 e. The molecule has 0 aromatic heterocycles. The van der Waals surface area contributed by atoms with Crippen molar-refractivity contribution in [3.8, 4) is 0 Å². The van der Waals surface area contributed by atoms with Crippen LogP contribution in [0.5, 0.6) is 0 Å². The van der Waals surface area contributed by atoms with Gasteiger partial charge < -0.3 is 19.3 Å². The fraction of sp³-hybridized carbons (Fsp3) is 0.212. The molecule has 0 heterocycles. The molecule has 0 aliphatic carbocycles. The second-order valence-corrected chi connectivity index (χ2v) is 9.83. The molecule has 0 saturated heterocycles. The molecule has 38 heavy (non-hydrogen) atoms. The van der Waals surface area contributed by atoms with E-state index in [1.165, 1.54) is 0 Å². The summed E-state index contributed by atoms with van der Waals surface area (Å²) in [7, 11) is 0. The second-order valence-electron chi connectivity index (χ2n) is 8.85. The third-order valence-corrected chi connectivity index (χ3v) is 6.73. The molecule has 5 heteroatoms. The molecule has 4 nitrogen and oxygen atoms in total. The largest absolute Gasteiger partial charge is 0.388 e. The zero-order chi connectivity index (χ0) is 26.3. The number of rotatable bonds is 15. The Morgan fingerprint density at radius 1 is 0.605 bits per heavy atom. The van der Waals surface area contributed by atoms with Crippen LogP contribution in [0.15, 0.2) is 138 Å². The maximum absolute atomic E-state index is 11.3. The van der Waals surface area contributed by atoms with E-state index in [0.717, 1.165) is 21.6 Å². The van der Waals surface area contributed by atoms with E-state index in [0.29, 0.717) is 19.8 Å². The molecule has 4 aromatic carbocycles. The first-order valence-electron chi connectivity index (χ1n) is 12.8. The van der Waals surface area contributed by atoms with Crippen molar-refractivity contribution in [3.05, 3.63) is 150 Å². The summed E-state index contributed by atoms with van der Waals surface area (Å²) < 4.78 is 18.6. The van der Waals surface area contributed by atoms with Crippen LogP contribution in [0.4, 0.5) is 0 Å². The van der Waals surface area contributed by atoms with Gasteiger partial charge in [0.25, 0.3) is 0 Å². The van der Waals surface area contributed by atoms with Crippen molar-refractivity contribution in [1.29, 1.82) is 0 Å². The van der Waals surface area contributed by atoms with E-state index >= 15 is 0 Å². The van der Waals surface area contributed by atoms with Crippen molar-refractivity contribution < 1.29 is 19.3 Å². The topological polar surface area (TPSA) is 47.9 Å². The summed E-state index contributed by atoms with van der Waals surface area (Å²) in [6.07, 6.45) is -0.0567. The average Bonchev–Trinajstić information content (AvgIpc) is 2.98. The van der Waals surface area contributed by atoms with Crippen LogP contribution in [0.3, 0.4) is 0 Å². The molecule has 0 aliphatic rings. The summed E-state index contributed by atoms with van der Waals surface area (Å²) in [5, 5.41) is 13.3. The number of ether oxygens (including phenoxy) is 3. The van der Waals surface area contributed by atoms with E-state index in [2.05, 4.69) is 12.1 Å². The fourth-order valence-electron chi connectivity index (χ4n) is 3.88. The molecule has 0 unspecified atom stereocenters. The van der Waals surface area contributed by atoms with Gasteiger partial charge in [-0.1, -0.05) is 121 Å². The highest BCUT2D eigenvalue weighted by atomic mass is 32.2. The molecule has 0 bridgehead atoms. The third-order valence-electron chi connectivity index (χ3n) is 5.89. The summed E-state index contributed by atoms with van der Waals surface area (Å²) in [5.74, 6) is 0. The minimum absolute atomic E-state index is 0.124. The lowest BCUT2D eigenvalue weighted by molar-refractivity contribution is -0.133. The van der Waals surface area contributed by atoms with Crippen LogP contribution in [-0.2, 0) is 34.0 Å². The van der Waals surface area contributed by atoms with E-state index in [4.69, 9.17) is 14.2 Å². The number of aliphatic hydroxyl groups excluding tert-OH is 1. The molecule has 0 spiro atoms. The number of hydrogen-bond acceptors (Lipinski definition) is 5. The Morgan fingerprint density at radius 3 is 1.63 bits per heavy atom. The summed E-state index contributed by atoms with van der Waals surface area (Å²) in [4.78, 5) is 1.12. The standard InChI is InChI=1S/C33H34O4S/c34-31(26-35-23-27-13-5-1-6-14-27)33(37-25-29-17-9-3-10-18-29)32(36-24-28-15-7-2-8-16-28)21-22-38-30-19-11-4-12-20-30/h1-22,31-34H,23-26H2/b22-21+/t31-,32+,33+/m1/s1. The van der Waals surface area contributed by atoms with E-state index in [-0.39, 0.29) is 6.61 Å². The lowest BCUT2D eigenvalue weighted by Crippen LogP contribution is -2.42. The molecular weight excluding hydrogens is 492 g/mol. The summed E-state index contributed by atoms with van der Waals surface area (Å²) >= 11 is 1.60. The first-order valence-corrected chi connectivity index (χ1v) is 13.6. The minimum Gasteiger partial charge on any atom is -0.388 e. The molecule has 0 fully saturated rings. The summed E-state index contributed by atoms with van der Waals surface area (Å²) in [6.45, 7) is 1.29. The molecule has 196 valence electrons. The predicted octanol–water partition coefficient (Wildman–Crippen LogP) is 7.04. The summed E-state index contributed by atoms with van der Waals surface area (Å²) in [6, 6.07) is 40.0. The van der Waals surface area contributed by atoms with Gasteiger partial charge in [-0.2, -0.15) is 0 Å². The number of aliphatic hydroxyl groups is 1. The van der Waals surface area contributed by atoms with Crippen molar-refractivity contribution in [3.63, 3.8) is 0 Å². The Kier molecular flexibility index (Phi) is 11.7. The Hall–Kier alpha value is -3.19. The highest BCUT2D eigenvalue weighted by molar-refractivity contribution is 8.02. The van der Waals surface area contributed by atoms with E-state index in [1.807, 2.05) is 121 Å². The van der Waals surface area contributed by atoms with Crippen molar-refractivity contribution in [1.82, 2.24) is 0 Å². The second kappa shape index (κ2) is 15.9. The molecule has 3 atom stereocenters. The van der Waals surface area contributed by atoms with Gasteiger partial charge in [-0.25, -0.2) is 0 Å². The smallest absolute Gasteiger partial charge is 0.116 e.